The zero-order chi connectivity index (χ0) is 17.0. The highest BCUT2D eigenvalue weighted by atomic mass is 19.1. The number of halogens is 2. The van der Waals surface area contributed by atoms with Crippen LogP contribution in [0.4, 0.5) is 8.78 Å². The predicted molar refractivity (Wildman–Crippen MR) is 92.2 cm³/mol. The minimum atomic E-state index is -0.375. The summed E-state index contributed by atoms with van der Waals surface area (Å²) in [6.07, 6.45) is 1.58. The van der Waals surface area contributed by atoms with Crippen molar-refractivity contribution in [2.75, 3.05) is 0 Å². The van der Waals surface area contributed by atoms with Gasteiger partial charge in [0.05, 0.1) is 11.1 Å². The molecular weight excluding hydrogens is 322 g/mol. The van der Waals surface area contributed by atoms with E-state index in [1.807, 2.05) is 12.1 Å². The fourth-order valence-corrected chi connectivity index (χ4v) is 3.07. The lowest BCUT2D eigenvalue weighted by Crippen LogP contribution is -1.91. The second kappa shape index (κ2) is 5.08. The van der Waals surface area contributed by atoms with Gasteiger partial charge in [-0.15, -0.1) is 0 Å². The maximum atomic E-state index is 14.3. The van der Waals surface area contributed by atoms with Gasteiger partial charge in [0.2, 0.25) is 0 Å². The lowest BCUT2D eigenvalue weighted by molar-refractivity contribution is 0.618. The van der Waals surface area contributed by atoms with Gasteiger partial charge in [0, 0.05) is 34.7 Å². The van der Waals surface area contributed by atoms with Crippen molar-refractivity contribution in [1.29, 1.82) is 0 Å². The third-order valence-corrected chi connectivity index (χ3v) is 4.26. The molecule has 3 nitrogen and oxygen atoms in total. The molecule has 0 N–H and O–H groups in total. The first-order valence-corrected chi connectivity index (χ1v) is 7.72. The third-order valence-electron chi connectivity index (χ3n) is 4.26. The highest BCUT2D eigenvalue weighted by Gasteiger charge is 2.12. The van der Waals surface area contributed by atoms with Crippen LogP contribution in [0.15, 0.2) is 65.2 Å². The van der Waals surface area contributed by atoms with Crippen LogP contribution in [0.5, 0.6) is 0 Å². The van der Waals surface area contributed by atoms with E-state index in [-0.39, 0.29) is 11.6 Å². The Morgan fingerprint density at radius 3 is 2.48 bits per heavy atom. The molecule has 0 unspecified atom stereocenters. The second-order valence-corrected chi connectivity index (χ2v) is 5.82. The van der Waals surface area contributed by atoms with Crippen LogP contribution in [0.1, 0.15) is 0 Å². The summed E-state index contributed by atoms with van der Waals surface area (Å²) >= 11 is 0. The maximum Gasteiger partial charge on any atom is 0.162 e. The van der Waals surface area contributed by atoms with E-state index in [1.165, 1.54) is 18.2 Å². The standard InChI is InChI=1S/C20H10F2N2O/c21-12-4-6-14-13-5-3-11(8-18(13)25-19(14)9-12)17-10-16(22)15-2-1-7-23-20(15)24-17/h1-10H. The molecule has 0 radical (unpaired) electrons. The van der Waals surface area contributed by atoms with Gasteiger partial charge in [-0.1, -0.05) is 6.07 Å². The summed E-state index contributed by atoms with van der Waals surface area (Å²) in [6, 6.07) is 14.6. The average molecular weight is 332 g/mol. The van der Waals surface area contributed by atoms with E-state index in [0.717, 1.165) is 10.8 Å². The number of furan rings is 1. The van der Waals surface area contributed by atoms with Gasteiger partial charge >= 0.3 is 0 Å². The van der Waals surface area contributed by atoms with Crippen LogP contribution in [0, 0.1) is 11.6 Å². The van der Waals surface area contributed by atoms with Gasteiger partial charge in [0.15, 0.2) is 5.65 Å². The number of nitrogens with zero attached hydrogens (tertiary/aromatic N) is 2. The van der Waals surface area contributed by atoms with Crippen molar-refractivity contribution in [3.8, 4) is 11.3 Å². The molecule has 0 atom stereocenters. The summed E-state index contributed by atoms with van der Waals surface area (Å²) in [5, 5.41) is 2.09. The topological polar surface area (TPSA) is 38.9 Å². The highest BCUT2D eigenvalue weighted by Crippen LogP contribution is 2.32. The lowest BCUT2D eigenvalue weighted by atomic mass is 10.1. The molecule has 0 aliphatic rings. The van der Waals surface area contributed by atoms with Gasteiger partial charge in [-0.25, -0.2) is 18.7 Å². The molecule has 0 spiro atoms. The number of hydrogen-bond donors (Lipinski definition) is 0. The summed E-state index contributed by atoms with van der Waals surface area (Å²) in [5.74, 6) is -0.726. The molecule has 3 aromatic heterocycles. The average Bonchev–Trinajstić information content (AvgIpc) is 2.98. The van der Waals surface area contributed by atoms with E-state index in [2.05, 4.69) is 9.97 Å². The quantitative estimate of drug-likeness (QED) is 0.408. The molecule has 2 aromatic carbocycles. The van der Waals surface area contributed by atoms with Crippen LogP contribution in [-0.2, 0) is 0 Å². The molecule has 0 saturated heterocycles. The molecule has 0 saturated carbocycles. The van der Waals surface area contributed by atoms with Gasteiger partial charge in [-0.3, -0.25) is 0 Å². The van der Waals surface area contributed by atoms with Gasteiger partial charge in [0.25, 0.3) is 0 Å². The summed E-state index contributed by atoms with van der Waals surface area (Å²) in [7, 11) is 0. The molecule has 3 heterocycles. The molecule has 0 amide bonds. The van der Waals surface area contributed by atoms with Gasteiger partial charge in [-0.2, -0.15) is 0 Å². The van der Waals surface area contributed by atoms with Crippen LogP contribution in [-0.4, -0.2) is 9.97 Å². The molecular formula is C20H10F2N2O. The Hall–Kier alpha value is -3.34. The molecule has 0 aliphatic carbocycles. The van der Waals surface area contributed by atoms with Gasteiger partial charge in [0.1, 0.15) is 22.8 Å². The molecule has 0 aliphatic heterocycles. The minimum Gasteiger partial charge on any atom is -0.456 e. The summed E-state index contributed by atoms with van der Waals surface area (Å²) in [5.41, 5.74) is 2.60. The molecule has 0 fully saturated rings. The Morgan fingerprint density at radius 2 is 1.60 bits per heavy atom. The molecule has 120 valence electrons. The van der Waals surface area contributed by atoms with Crippen molar-refractivity contribution in [2.24, 2.45) is 0 Å². The molecule has 25 heavy (non-hydrogen) atoms. The Kier molecular flexibility index (Phi) is 2.85. The molecule has 5 rings (SSSR count). The van der Waals surface area contributed by atoms with Crippen LogP contribution in [0.2, 0.25) is 0 Å². The smallest absolute Gasteiger partial charge is 0.162 e. The fraction of sp³-hybridized carbons (Fsp3) is 0. The van der Waals surface area contributed by atoms with Crippen LogP contribution < -0.4 is 0 Å². The van der Waals surface area contributed by atoms with Crippen molar-refractivity contribution in [1.82, 2.24) is 9.97 Å². The van der Waals surface area contributed by atoms with Crippen molar-refractivity contribution in [3.63, 3.8) is 0 Å². The number of fused-ring (bicyclic) bond motifs is 4. The molecule has 5 aromatic rings. The van der Waals surface area contributed by atoms with E-state index in [4.69, 9.17) is 4.42 Å². The molecule has 5 heteroatoms. The van der Waals surface area contributed by atoms with E-state index in [0.29, 0.717) is 33.5 Å². The first-order valence-electron chi connectivity index (χ1n) is 7.72. The van der Waals surface area contributed by atoms with Gasteiger partial charge in [-0.05, 0) is 36.4 Å². The van der Waals surface area contributed by atoms with Crippen LogP contribution in [0.3, 0.4) is 0 Å². The fourth-order valence-electron chi connectivity index (χ4n) is 3.07. The zero-order valence-corrected chi connectivity index (χ0v) is 12.8. The lowest BCUT2D eigenvalue weighted by Gasteiger charge is -2.04. The van der Waals surface area contributed by atoms with Crippen molar-refractivity contribution in [3.05, 3.63) is 72.4 Å². The first kappa shape index (κ1) is 14.0. The first-order chi connectivity index (χ1) is 12.2. The number of hydrogen-bond acceptors (Lipinski definition) is 3. The second-order valence-electron chi connectivity index (χ2n) is 5.82. The van der Waals surface area contributed by atoms with Gasteiger partial charge < -0.3 is 4.42 Å². The maximum absolute atomic E-state index is 14.3. The Balaban J connectivity index is 1.74. The number of pyridine rings is 2. The van der Waals surface area contributed by atoms with E-state index in [1.54, 1.807) is 30.5 Å². The SMILES string of the molecule is Fc1ccc2c(c1)oc1cc(-c3cc(F)c4cccnc4n3)ccc12. The zero-order valence-electron chi connectivity index (χ0n) is 12.8. The van der Waals surface area contributed by atoms with Crippen LogP contribution in [0.25, 0.3) is 44.2 Å². The minimum absolute atomic E-state index is 0.351. The Bertz CT molecular complexity index is 1280. The van der Waals surface area contributed by atoms with Crippen molar-refractivity contribution < 1.29 is 13.2 Å². The number of benzene rings is 2. The number of aromatic nitrogens is 2. The van der Waals surface area contributed by atoms with E-state index in [9.17, 15) is 8.78 Å². The summed E-state index contributed by atoms with van der Waals surface area (Å²) in [6.45, 7) is 0. The van der Waals surface area contributed by atoms with Crippen LogP contribution >= 0.6 is 0 Å². The number of rotatable bonds is 1. The van der Waals surface area contributed by atoms with E-state index >= 15 is 0 Å². The predicted octanol–water partition coefficient (Wildman–Crippen LogP) is 5.47. The Morgan fingerprint density at radius 1 is 0.800 bits per heavy atom. The largest absolute Gasteiger partial charge is 0.456 e. The van der Waals surface area contributed by atoms with Crippen molar-refractivity contribution >= 4 is 33.0 Å². The van der Waals surface area contributed by atoms with Crippen molar-refractivity contribution in [2.45, 2.75) is 0 Å². The third kappa shape index (κ3) is 2.16. The summed E-state index contributed by atoms with van der Waals surface area (Å²) in [4.78, 5) is 8.55. The normalized spacial score (nSPS) is 11.6. The highest BCUT2D eigenvalue weighted by molar-refractivity contribution is 6.05. The molecule has 0 bridgehead atoms. The Labute approximate surface area is 140 Å². The summed E-state index contributed by atoms with van der Waals surface area (Å²) < 4.78 is 33.4. The van der Waals surface area contributed by atoms with E-state index < -0.39 is 0 Å². The monoisotopic (exact) mass is 332 g/mol.